The van der Waals surface area contributed by atoms with Crippen molar-refractivity contribution in [3.05, 3.63) is 47.1 Å². The molecule has 0 fully saturated rings. The number of benzene rings is 1. The molecule has 1 aromatic heterocycles. The smallest absolute Gasteiger partial charge is 0.177 e. The van der Waals surface area contributed by atoms with Crippen molar-refractivity contribution in [1.82, 2.24) is 4.98 Å². The van der Waals surface area contributed by atoms with E-state index >= 15 is 0 Å². The van der Waals surface area contributed by atoms with Crippen LogP contribution in [0.5, 0.6) is 23.0 Å². The highest BCUT2D eigenvalue weighted by Crippen LogP contribution is 2.35. The number of methoxy groups -OCH3 is 4. The van der Waals surface area contributed by atoms with Crippen molar-refractivity contribution in [2.24, 2.45) is 0 Å². The zero-order chi connectivity index (χ0) is 19.2. The molecule has 0 radical (unpaired) electrons. The van der Waals surface area contributed by atoms with Crippen molar-refractivity contribution >= 4 is 15.9 Å². The summed E-state index contributed by atoms with van der Waals surface area (Å²) in [6.07, 6.45) is 2.92. The number of aromatic nitrogens is 1. The molecular weight excluding hydrogens is 358 g/mol. The van der Waals surface area contributed by atoms with Crippen molar-refractivity contribution in [2.75, 3.05) is 28.4 Å². The maximum atomic E-state index is 12.4. The lowest BCUT2D eigenvalue weighted by molar-refractivity contribution is 0.374. The molecule has 2 rings (SSSR count). The number of sulfone groups is 1. The van der Waals surface area contributed by atoms with Gasteiger partial charge in [-0.25, -0.2) is 8.42 Å². The third kappa shape index (κ3) is 4.89. The van der Waals surface area contributed by atoms with Crippen LogP contribution in [-0.2, 0) is 15.6 Å². The van der Waals surface area contributed by atoms with E-state index in [1.807, 2.05) is 0 Å². The molecule has 8 heteroatoms. The van der Waals surface area contributed by atoms with E-state index < -0.39 is 9.84 Å². The minimum Gasteiger partial charge on any atom is -0.496 e. The summed E-state index contributed by atoms with van der Waals surface area (Å²) in [6, 6.07) is 6.58. The molecule has 0 saturated heterocycles. The lowest BCUT2D eigenvalue weighted by atomic mass is 10.1. The topological polar surface area (TPSA) is 84.0 Å². The van der Waals surface area contributed by atoms with Crippen LogP contribution >= 0.6 is 0 Å². The fraction of sp³-hybridized carbons (Fsp3) is 0.278. The average Bonchev–Trinajstić information content (AvgIpc) is 2.65. The van der Waals surface area contributed by atoms with E-state index in [0.29, 0.717) is 34.3 Å². The zero-order valence-electron chi connectivity index (χ0n) is 15.1. The quantitative estimate of drug-likeness (QED) is 0.697. The number of hydrogen-bond donors (Lipinski definition) is 0. The molecule has 2 aromatic rings. The highest BCUT2D eigenvalue weighted by atomic mass is 32.2. The molecular formula is C18H21NO6S. The van der Waals surface area contributed by atoms with Crippen LogP contribution in [0.3, 0.4) is 0 Å². The molecule has 0 unspecified atom stereocenters. The van der Waals surface area contributed by atoms with Crippen molar-refractivity contribution in [1.29, 1.82) is 0 Å². The van der Waals surface area contributed by atoms with Crippen molar-refractivity contribution in [3.8, 4) is 23.0 Å². The van der Waals surface area contributed by atoms with Crippen LogP contribution in [-0.4, -0.2) is 41.8 Å². The Kier molecular flexibility index (Phi) is 6.46. The molecule has 0 amide bonds. The highest BCUT2D eigenvalue weighted by Gasteiger charge is 2.14. The fourth-order valence-corrected chi connectivity index (χ4v) is 3.26. The van der Waals surface area contributed by atoms with Crippen LogP contribution in [0.25, 0.3) is 6.08 Å². The van der Waals surface area contributed by atoms with E-state index in [1.54, 1.807) is 24.3 Å². The summed E-state index contributed by atoms with van der Waals surface area (Å²) in [5, 5.41) is 1.12. The number of rotatable bonds is 8. The molecule has 0 aliphatic carbocycles. The average molecular weight is 379 g/mol. The first kappa shape index (κ1) is 19.6. The standard InChI is InChI=1S/C18H21NO6S/c1-22-14-6-5-13(19-11-14)12-26(20,21)8-7-16-17(24-3)9-15(23-2)10-18(16)25-4/h5-11H,12H2,1-4H3. The van der Waals surface area contributed by atoms with E-state index in [-0.39, 0.29) is 5.75 Å². The van der Waals surface area contributed by atoms with E-state index in [2.05, 4.69) is 4.98 Å². The Morgan fingerprint density at radius 2 is 1.54 bits per heavy atom. The summed E-state index contributed by atoms with van der Waals surface area (Å²) < 4.78 is 45.6. The summed E-state index contributed by atoms with van der Waals surface area (Å²) in [7, 11) is 2.47. The van der Waals surface area contributed by atoms with Gasteiger partial charge in [0.15, 0.2) is 9.84 Å². The Labute approximate surface area is 153 Å². The molecule has 0 N–H and O–H groups in total. The van der Waals surface area contributed by atoms with Crippen LogP contribution in [0.15, 0.2) is 35.9 Å². The summed E-state index contributed by atoms with van der Waals surface area (Å²) in [5.74, 6) is 1.76. The van der Waals surface area contributed by atoms with Gasteiger partial charge in [0.05, 0.1) is 51.6 Å². The predicted molar refractivity (Wildman–Crippen MR) is 98.5 cm³/mol. The van der Waals surface area contributed by atoms with Gasteiger partial charge in [-0.15, -0.1) is 0 Å². The van der Waals surface area contributed by atoms with Crippen LogP contribution in [0, 0.1) is 0 Å². The summed E-state index contributed by atoms with van der Waals surface area (Å²) >= 11 is 0. The van der Waals surface area contributed by atoms with Gasteiger partial charge in [-0.1, -0.05) is 0 Å². The summed E-state index contributed by atoms with van der Waals surface area (Å²) in [6.45, 7) is 0. The molecule has 1 heterocycles. The van der Waals surface area contributed by atoms with Crippen LogP contribution in [0.1, 0.15) is 11.3 Å². The van der Waals surface area contributed by atoms with Gasteiger partial charge in [-0.3, -0.25) is 4.98 Å². The Bertz CT molecular complexity index is 850. The van der Waals surface area contributed by atoms with Gasteiger partial charge in [0.25, 0.3) is 0 Å². The largest absolute Gasteiger partial charge is 0.496 e. The lowest BCUT2D eigenvalue weighted by Crippen LogP contribution is -2.02. The van der Waals surface area contributed by atoms with Gasteiger partial charge in [-0.2, -0.15) is 0 Å². The SMILES string of the molecule is COc1ccc(CS(=O)(=O)C=Cc2c(OC)cc(OC)cc2OC)nc1. The molecule has 7 nitrogen and oxygen atoms in total. The molecule has 0 saturated carbocycles. The van der Waals surface area contributed by atoms with Crippen molar-refractivity contribution in [3.63, 3.8) is 0 Å². The van der Waals surface area contributed by atoms with Gasteiger partial charge >= 0.3 is 0 Å². The summed E-state index contributed by atoms with van der Waals surface area (Å²) in [5.41, 5.74) is 0.922. The molecule has 26 heavy (non-hydrogen) atoms. The first-order valence-corrected chi connectivity index (χ1v) is 9.33. The first-order chi connectivity index (χ1) is 12.4. The minimum absolute atomic E-state index is 0.228. The zero-order valence-corrected chi connectivity index (χ0v) is 15.9. The molecule has 0 aliphatic rings. The normalized spacial score (nSPS) is 11.4. The van der Waals surface area contributed by atoms with E-state index in [1.165, 1.54) is 40.7 Å². The lowest BCUT2D eigenvalue weighted by Gasteiger charge is -2.12. The van der Waals surface area contributed by atoms with Gasteiger partial charge in [0, 0.05) is 17.5 Å². The molecule has 140 valence electrons. The van der Waals surface area contributed by atoms with Gasteiger partial charge in [0.2, 0.25) is 0 Å². The second kappa shape index (κ2) is 8.57. The number of pyridine rings is 1. The Morgan fingerprint density at radius 1 is 0.923 bits per heavy atom. The molecule has 0 spiro atoms. The van der Waals surface area contributed by atoms with E-state index in [0.717, 1.165) is 5.41 Å². The number of nitrogens with zero attached hydrogens (tertiary/aromatic N) is 1. The maximum absolute atomic E-state index is 12.4. The Morgan fingerprint density at radius 3 is 2.00 bits per heavy atom. The Balaban J connectivity index is 2.29. The monoisotopic (exact) mass is 379 g/mol. The number of ether oxygens (including phenoxy) is 4. The fourth-order valence-electron chi connectivity index (χ4n) is 2.24. The minimum atomic E-state index is -3.54. The first-order valence-electron chi connectivity index (χ1n) is 7.62. The van der Waals surface area contributed by atoms with E-state index in [9.17, 15) is 8.42 Å². The second-order valence-corrected chi connectivity index (χ2v) is 7.13. The van der Waals surface area contributed by atoms with Gasteiger partial charge < -0.3 is 18.9 Å². The van der Waals surface area contributed by atoms with Crippen LogP contribution in [0.4, 0.5) is 0 Å². The highest BCUT2D eigenvalue weighted by molar-refractivity contribution is 7.93. The van der Waals surface area contributed by atoms with Gasteiger partial charge in [-0.05, 0) is 18.2 Å². The van der Waals surface area contributed by atoms with Gasteiger partial charge in [0.1, 0.15) is 23.0 Å². The second-order valence-electron chi connectivity index (χ2n) is 5.24. The van der Waals surface area contributed by atoms with Crippen LogP contribution < -0.4 is 18.9 Å². The number of hydrogen-bond acceptors (Lipinski definition) is 7. The summed E-state index contributed by atoms with van der Waals surface area (Å²) in [4.78, 5) is 4.08. The molecule has 0 bridgehead atoms. The van der Waals surface area contributed by atoms with Crippen molar-refractivity contribution in [2.45, 2.75) is 5.75 Å². The predicted octanol–water partition coefficient (Wildman–Crippen LogP) is 2.70. The third-order valence-electron chi connectivity index (χ3n) is 3.58. The maximum Gasteiger partial charge on any atom is 0.177 e. The molecule has 0 aliphatic heterocycles. The molecule has 0 atom stereocenters. The van der Waals surface area contributed by atoms with Crippen LogP contribution in [0.2, 0.25) is 0 Å². The third-order valence-corrected chi connectivity index (χ3v) is 4.83. The Hall–Kier alpha value is -2.74. The molecule has 1 aromatic carbocycles. The van der Waals surface area contributed by atoms with E-state index in [4.69, 9.17) is 18.9 Å². The van der Waals surface area contributed by atoms with Crippen molar-refractivity contribution < 1.29 is 27.4 Å².